The quantitative estimate of drug-likeness (QED) is 0.701. The highest BCUT2D eigenvalue weighted by atomic mass is 16.5. The first-order valence-corrected chi connectivity index (χ1v) is 4.78. The summed E-state index contributed by atoms with van der Waals surface area (Å²) >= 11 is 0. The molecule has 3 heteroatoms. The summed E-state index contributed by atoms with van der Waals surface area (Å²) in [4.78, 5) is 0. The molecule has 0 radical (unpaired) electrons. The van der Waals surface area contributed by atoms with Gasteiger partial charge < -0.3 is 14.8 Å². The van der Waals surface area contributed by atoms with Gasteiger partial charge in [-0.2, -0.15) is 0 Å². The fourth-order valence-electron chi connectivity index (χ4n) is 1.11. The Morgan fingerprint density at radius 2 is 1.79 bits per heavy atom. The standard InChI is InChI=1S/C11H17NO2/c1-12-8-3-9-14-11-6-4-10(13-2)5-7-11/h4-7,12H,3,8-9H2,1-2H3. The lowest BCUT2D eigenvalue weighted by atomic mass is 10.3. The van der Waals surface area contributed by atoms with Crippen LogP contribution in [-0.4, -0.2) is 27.3 Å². The topological polar surface area (TPSA) is 30.5 Å². The second kappa shape index (κ2) is 6.27. The summed E-state index contributed by atoms with van der Waals surface area (Å²) in [6.07, 6.45) is 1.02. The fourth-order valence-corrected chi connectivity index (χ4v) is 1.11. The van der Waals surface area contributed by atoms with Crippen molar-refractivity contribution in [2.24, 2.45) is 0 Å². The van der Waals surface area contributed by atoms with E-state index in [0.717, 1.165) is 31.1 Å². The van der Waals surface area contributed by atoms with Crippen molar-refractivity contribution in [3.8, 4) is 11.5 Å². The summed E-state index contributed by atoms with van der Waals surface area (Å²) in [5, 5.41) is 3.07. The SMILES string of the molecule is CNCCCOc1ccc(OC)cc1. The first kappa shape index (κ1) is 10.9. The van der Waals surface area contributed by atoms with Gasteiger partial charge in [0.2, 0.25) is 0 Å². The summed E-state index contributed by atoms with van der Waals surface area (Å²) in [6.45, 7) is 1.73. The molecule has 14 heavy (non-hydrogen) atoms. The van der Waals surface area contributed by atoms with Gasteiger partial charge in [0.15, 0.2) is 0 Å². The number of nitrogens with one attached hydrogen (secondary N) is 1. The molecule has 0 fully saturated rings. The molecule has 0 amide bonds. The first-order valence-electron chi connectivity index (χ1n) is 4.78. The zero-order valence-corrected chi connectivity index (χ0v) is 8.75. The van der Waals surface area contributed by atoms with Gasteiger partial charge in [0, 0.05) is 0 Å². The van der Waals surface area contributed by atoms with Crippen molar-refractivity contribution in [2.45, 2.75) is 6.42 Å². The minimum absolute atomic E-state index is 0.743. The first-order chi connectivity index (χ1) is 6.86. The van der Waals surface area contributed by atoms with Crippen molar-refractivity contribution in [2.75, 3.05) is 27.3 Å². The number of benzene rings is 1. The van der Waals surface area contributed by atoms with Crippen LogP contribution in [-0.2, 0) is 0 Å². The molecule has 0 unspecified atom stereocenters. The van der Waals surface area contributed by atoms with E-state index >= 15 is 0 Å². The Balaban J connectivity index is 2.29. The largest absolute Gasteiger partial charge is 0.497 e. The third-order valence-corrected chi connectivity index (χ3v) is 1.90. The minimum atomic E-state index is 0.743. The maximum absolute atomic E-state index is 5.51. The van der Waals surface area contributed by atoms with Crippen LogP contribution in [0.3, 0.4) is 0 Å². The van der Waals surface area contributed by atoms with E-state index in [-0.39, 0.29) is 0 Å². The minimum Gasteiger partial charge on any atom is -0.497 e. The molecule has 1 aromatic rings. The molecule has 0 bridgehead atoms. The molecule has 78 valence electrons. The molecular formula is C11H17NO2. The second-order valence-corrected chi connectivity index (χ2v) is 2.98. The van der Waals surface area contributed by atoms with Crippen molar-refractivity contribution < 1.29 is 9.47 Å². The van der Waals surface area contributed by atoms with Crippen molar-refractivity contribution in [3.63, 3.8) is 0 Å². The van der Waals surface area contributed by atoms with Crippen LogP contribution in [0, 0.1) is 0 Å². The maximum Gasteiger partial charge on any atom is 0.119 e. The van der Waals surface area contributed by atoms with E-state index in [0.29, 0.717) is 0 Å². The van der Waals surface area contributed by atoms with Crippen LogP contribution in [0.1, 0.15) is 6.42 Å². The van der Waals surface area contributed by atoms with E-state index in [9.17, 15) is 0 Å². The molecule has 0 spiro atoms. The number of hydrogen-bond donors (Lipinski definition) is 1. The molecule has 3 nitrogen and oxygen atoms in total. The number of ether oxygens (including phenoxy) is 2. The highest BCUT2D eigenvalue weighted by Gasteiger charge is 1.94. The van der Waals surface area contributed by atoms with Gasteiger partial charge >= 0.3 is 0 Å². The molecule has 1 N–H and O–H groups in total. The highest BCUT2D eigenvalue weighted by molar-refractivity contribution is 5.30. The number of rotatable bonds is 6. The van der Waals surface area contributed by atoms with E-state index in [1.807, 2.05) is 31.3 Å². The van der Waals surface area contributed by atoms with Crippen LogP contribution in [0.5, 0.6) is 11.5 Å². The Hall–Kier alpha value is -1.22. The molecule has 1 rings (SSSR count). The highest BCUT2D eigenvalue weighted by Crippen LogP contribution is 2.16. The lowest BCUT2D eigenvalue weighted by molar-refractivity contribution is 0.309. The van der Waals surface area contributed by atoms with Gasteiger partial charge in [-0.15, -0.1) is 0 Å². The van der Waals surface area contributed by atoms with Crippen molar-refractivity contribution in [3.05, 3.63) is 24.3 Å². The Morgan fingerprint density at radius 1 is 1.14 bits per heavy atom. The summed E-state index contributed by atoms with van der Waals surface area (Å²) in [5.41, 5.74) is 0. The van der Waals surface area contributed by atoms with Crippen molar-refractivity contribution in [1.29, 1.82) is 0 Å². The summed E-state index contributed by atoms with van der Waals surface area (Å²) in [6, 6.07) is 7.62. The van der Waals surface area contributed by atoms with Crippen LogP contribution in [0.2, 0.25) is 0 Å². The van der Waals surface area contributed by atoms with E-state index in [2.05, 4.69) is 5.32 Å². The van der Waals surface area contributed by atoms with Crippen LogP contribution >= 0.6 is 0 Å². The van der Waals surface area contributed by atoms with E-state index in [4.69, 9.17) is 9.47 Å². The van der Waals surface area contributed by atoms with Crippen molar-refractivity contribution in [1.82, 2.24) is 5.32 Å². The maximum atomic E-state index is 5.51. The van der Waals surface area contributed by atoms with Gasteiger partial charge in [0.25, 0.3) is 0 Å². The average molecular weight is 195 g/mol. The van der Waals surface area contributed by atoms with Crippen molar-refractivity contribution >= 4 is 0 Å². The fraction of sp³-hybridized carbons (Fsp3) is 0.455. The molecule has 0 atom stereocenters. The van der Waals surface area contributed by atoms with Gasteiger partial charge in [-0.3, -0.25) is 0 Å². The molecule has 0 saturated carbocycles. The van der Waals surface area contributed by atoms with Gasteiger partial charge in [0.1, 0.15) is 11.5 Å². The van der Waals surface area contributed by atoms with Gasteiger partial charge in [-0.1, -0.05) is 0 Å². The van der Waals surface area contributed by atoms with Crippen LogP contribution < -0.4 is 14.8 Å². The molecule has 1 aromatic carbocycles. The number of hydrogen-bond acceptors (Lipinski definition) is 3. The van der Waals surface area contributed by atoms with E-state index in [1.165, 1.54) is 0 Å². The predicted molar refractivity (Wildman–Crippen MR) is 57.0 cm³/mol. The Bertz CT molecular complexity index is 246. The molecular weight excluding hydrogens is 178 g/mol. The smallest absolute Gasteiger partial charge is 0.119 e. The third kappa shape index (κ3) is 3.66. The number of methoxy groups -OCH3 is 1. The third-order valence-electron chi connectivity index (χ3n) is 1.90. The van der Waals surface area contributed by atoms with E-state index < -0.39 is 0 Å². The summed E-state index contributed by atoms with van der Waals surface area (Å²) in [5.74, 6) is 1.74. The van der Waals surface area contributed by atoms with Gasteiger partial charge in [-0.25, -0.2) is 0 Å². The zero-order chi connectivity index (χ0) is 10.2. The lowest BCUT2D eigenvalue weighted by Gasteiger charge is -2.06. The summed E-state index contributed by atoms with van der Waals surface area (Å²) in [7, 11) is 3.59. The van der Waals surface area contributed by atoms with E-state index in [1.54, 1.807) is 7.11 Å². The molecule has 0 aliphatic carbocycles. The van der Waals surface area contributed by atoms with Gasteiger partial charge in [-0.05, 0) is 44.3 Å². The Kier molecular flexibility index (Phi) is 4.86. The normalized spacial score (nSPS) is 9.86. The lowest BCUT2D eigenvalue weighted by Crippen LogP contribution is -2.11. The monoisotopic (exact) mass is 195 g/mol. The Labute approximate surface area is 85.0 Å². The molecule has 0 aliphatic rings. The van der Waals surface area contributed by atoms with Crippen LogP contribution in [0.15, 0.2) is 24.3 Å². The predicted octanol–water partition coefficient (Wildman–Crippen LogP) is 1.68. The molecule has 0 aromatic heterocycles. The van der Waals surface area contributed by atoms with Crippen LogP contribution in [0.25, 0.3) is 0 Å². The Morgan fingerprint density at radius 3 is 2.36 bits per heavy atom. The van der Waals surface area contributed by atoms with Crippen LogP contribution in [0.4, 0.5) is 0 Å². The summed E-state index contributed by atoms with van der Waals surface area (Å²) < 4.78 is 10.6. The zero-order valence-electron chi connectivity index (χ0n) is 8.75. The second-order valence-electron chi connectivity index (χ2n) is 2.98. The molecule has 0 heterocycles. The average Bonchev–Trinajstić information content (AvgIpc) is 2.25. The molecule has 0 aliphatic heterocycles. The molecule has 0 saturated heterocycles. The van der Waals surface area contributed by atoms with Gasteiger partial charge in [0.05, 0.1) is 13.7 Å².